The molecule has 0 bridgehead atoms. The van der Waals surface area contributed by atoms with Crippen LogP contribution in [-0.4, -0.2) is 24.2 Å². The summed E-state index contributed by atoms with van der Waals surface area (Å²) in [4.78, 5) is 11.2. The molecule has 0 aliphatic rings. The lowest BCUT2D eigenvalue weighted by Crippen LogP contribution is -2.33. The summed E-state index contributed by atoms with van der Waals surface area (Å²) in [6, 6.07) is 4.15. The second kappa shape index (κ2) is 5.63. The Morgan fingerprint density at radius 1 is 1.47 bits per heavy atom. The van der Waals surface area contributed by atoms with Crippen LogP contribution in [0.1, 0.15) is 25.5 Å². The van der Waals surface area contributed by atoms with Crippen molar-refractivity contribution in [2.45, 2.75) is 26.1 Å². The number of benzene rings is 1. The smallest absolute Gasteiger partial charge is 0.260 e. The van der Waals surface area contributed by atoms with Crippen LogP contribution in [0.2, 0.25) is 0 Å². The van der Waals surface area contributed by atoms with E-state index in [1.54, 1.807) is 13.0 Å². The predicted octanol–water partition coefficient (Wildman–Crippen LogP) is 1.39. The van der Waals surface area contributed by atoms with Crippen LogP contribution in [0.4, 0.5) is 4.39 Å². The van der Waals surface area contributed by atoms with Gasteiger partial charge in [0.1, 0.15) is 0 Å². The van der Waals surface area contributed by atoms with Crippen LogP contribution < -0.4 is 10.1 Å². The molecule has 17 heavy (non-hydrogen) atoms. The topological polar surface area (TPSA) is 58.6 Å². The first kappa shape index (κ1) is 13.4. The Balaban J connectivity index is 2.83. The van der Waals surface area contributed by atoms with Crippen molar-refractivity contribution in [3.8, 4) is 5.75 Å². The lowest BCUT2D eigenvalue weighted by Gasteiger charge is -2.14. The molecule has 1 rings (SSSR count). The number of likely N-dealkylation sites (N-methyl/N-ethyl adjacent to an activating group) is 1. The van der Waals surface area contributed by atoms with Crippen LogP contribution in [0.3, 0.4) is 0 Å². The number of ether oxygens (including phenoxy) is 1. The van der Waals surface area contributed by atoms with Gasteiger partial charge in [0, 0.05) is 7.05 Å². The number of carbonyl (C=O) groups excluding carboxylic acids is 1. The molecule has 5 heteroatoms. The minimum absolute atomic E-state index is 0.00880. The summed E-state index contributed by atoms with van der Waals surface area (Å²) in [5.74, 6) is -0.936. The molecule has 2 atom stereocenters. The van der Waals surface area contributed by atoms with E-state index < -0.39 is 18.0 Å². The van der Waals surface area contributed by atoms with Gasteiger partial charge in [-0.3, -0.25) is 4.79 Å². The molecule has 0 aliphatic carbocycles. The van der Waals surface area contributed by atoms with Gasteiger partial charge in [-0.25, -0.2) is 4.39 Å². The number of halogens is 1. The molecule has 1 amide bonds. The Kier molecular flexibility index (Phi) is 4.45. The zero-order valence-electron chi connectivity index (χ0n) is 10.0. The van der Waals surface area contributed by atoms with Gasteiger partial charge in [0.25, 0.3) is 5.91 Å². The van der Waals surface area contributed by atoms with Crippen molar-refractivity contribution in [2.75, 3.05) is 7.05 Å². The van der Waals surface area contributed by atoms with E-state index in [2.05, 4.69) is 5.32 Å². The summed E-state index contributed by atoms with van der Waals surface area (Å²) in [5, 5.41) is 11.7. The van der Waals surface area contributed by atoms with E-state index >= 15 is 0 Å². The Morgan fingerprint density at radius 3 is 2.59 bits per heavy atom. The second-order valence-electron chi connectivity index (χ2n) is 3.74. The van der Waals surface area contributed by atoms with Crippen molar-refractivity contribution in [1.82, 2.24) is 5.32 Å². The molecule has 1 unspecified atom stereocenters. The van der Waals surface area contributed by atoms with Crippen LogP contribution in [0.5, 0.6) is 5.75 Å². The third kappa shape index (κ3) is 3.42. The molecular formula is C12H16FNO3. The number of carbonyl (C=O) groups is 1. The lowest BCUT2D eigenvalue weighted by atomic mass is 10.1. The van der Waals surface area contributed by atoms with Gasteiger partial charge < -0.3 is 15.2 Å². The van der Waals surface area contributed by atoms with Crippen LogP contribution in [0.25, 0.3) is 0 Å². The fourth-order valence-corrected chi connectivity index (χ4v) is 1.32. The van der Waals surface area contributed by atoms with E-state index in [-0.39, 0.29) is 11.7 Å². The van der Waals surface area contributed by atoms with Gasteiger partial charge in [-0.1, -0.05) is 6.07 Å². The van der Waals surface area contributed by atoms with Crippen molar-refractivity contribution in [3.63, 3.8) is 0 Å². The molecular weight excluding hydrogens is 225 g/mol. The van der Waals surface area contributed by atoms with E-state index in [9.17, 15) is 14.3 Å². The molecule has 0 heterocycles. The maximum absolute atomic E-state index is 13.6. The highest BCUT2D eigenvalue weighted by molar-refractivity contribution is 5.80. The molecule has 4 nitrogen and oxygen atoms in total. The third-order valence-electron chi connectivity index (χ3n) is 2.36. The first-order chi connectivity index (χ1) is 7.95. The molecule has 1 aromatic rings. The Hall–Kier alpha value is -1.62. The van der Waals surface area contributed by atoms with E-state index in [1.165, 1.54) is 26.1 Å². The van der Waals surface area contributed by atoms with Crippen molar-refractivity contribution in [2.24, 2.45) is 0 Å². The largest absolute Gasteiger partial charge is 0.478 e. The van der Waals surface area contributed by atoms with Gasteiger partial charge in [0.15, 0.2) is 17.7 Å². The Morgan fingerprint density at radius 2 is 2.12 bits per heavy atom. The molecule has 0 aliphatic heterocycles. The van der Waals surface area contributed by atoms with Gasteiger partial charge in [0.05, 0.1) is 6.10 Å². The maximum Gasteiger partial charge on any atom is 0.260 e. The lowest BCUT2D eigenvalue weighted by molar-refractivity contribution is -0.126. The molecule has 0 spiro atoms. The summed E-state index contributed by atoms with van der Waals surface area (Å²) in [7, 11) is 1.48. The summed E-state index contributed by atoms with van der Waals surface area (Å²) in [5.41, 5.74) is 0.461. The highest BCUT2D eigenvalue weighted by Gasteiger charge is 2.15. The van der Waals surface area contributed by atoms with E-state index in [0.717, 1.165) is 0 Å². The number of aliphatic hydroxyl groups excluding tert-OH is 1. The average Bonchev–Trinajstić information content (AvgIpc) is 2.30. The molecule has 1 aromatic carbocycles. The number of hydrogen-bond donors (Lipinski definition) is 2. The number of aliphatic hydroxyl groups is 1. The SMILES string of the molecule is CNC(=O)C(C)Oc1ccc([C@H](C)O)cc1F. The van der Waals surface area contributed by atoms with Crippen LogP contribution >= 0.6 is 0 Å². The van der Waals surface area contributed by atoms with Crippen molar-refractivity contribution >= 4 is 5.91 Å². The summed E-state index contributed by atoms with van der Waals surface area (Å²) in [6.45, 7) is 3.07. The van der Waals surface area contributed by atoms with Crippen molar-refractivity contribution in [1.29, 1.82) is 0 Å². The van der Waals surface area contributed by atoms with E-state index in [1.807, 2.05) is 0 Å². The fraction of sp³-hybridized carbons (Fsp3) is 0.417. The standard InChI is InChI=1S/C12H16FNO3/c1-7(15)9-4-5-11(10(13)6-9)17-8(2)12(16)14-3/h4-8,15H,1-3H3,(H,14,16)/t7-,8?/m0/s1. The highest BCUT2D eigenvalue weighted by Crippen LogP contribution is 2.22. The minimum atomic E-state index is -0.771. The van der Waals surface area contributed by atoms with Gasteiger partial charge >= 0.3 is 0 Å². The minimum Gasteiger partial charge on any atom is -0.478 e. The van der Waals surface area contributed by atoms with Crippen molar-refractivity contribution in [3.05, 3.63) is 29.6 Å². The van der Waals surface area contributed by atoms with E-state index in [0.29, 0.717) is 5.56 Å². The average molecular weight is 241 g/mol. The fourth-order valence-electron chi connectivity index (χ4n) is 1.32. The molecule has 0 saturated heterocycles. The van der Waals surface area contributed by atoms with Crippen LogP contribution in [0, 0.1) is 5.82 Å². The first-order valence-corrected chi connectivity index (χ1v) is 5.31. The number of rotatable bonds is 4. The monoisotopic (exact) mass is 241 g/mol. The third-order valence-corrected chi connectivity index (χ3v) is 2.36. The maximum atomic E-state index is 13.6. The van der Waals surface area contributed by atoms with E-state index in [4.69, 9.17) is 4.74 Å². The zero-order chi connectivity index (χ0) is 13.0. The molecule has 0 fully saturated rings. The second-order valence-corrected chi connectivity index (χ2v) is 3.74. The molecule has 0 radical (unpaired) electrons. The predicted molar refractivity (Wildman–Crippen MR) is 61.2 cm³/mol. The van der Waals surface area contributed by atoms with Gasteiger partial charge in [-0.2, -0.15) is 0 Å². The number of nitrogens with one attached hydrogen (secondary N) is 1. The van der Waals surface area contributed by atoms with Gasteiger partial charge in [-0.05, 0) is 31.5 Å². The van der Waals surface area contributed by atoms with Gasteiger partial charge in [0.2, 0.25) is 0 Å². The summed E-state index contributed by atoms with van der Waals surface area (Å²) < 4.78 is 18.7. The molecule has 94 valence electrons. The van der Waals surface area contributed by atoms with Gasteiger partial charge in [-0.15, -0.1) is 0 Å². The number of amides is 1. The molecule has 0 saturated carbocycles. The molecule has 2 N–H and O–H groups in total. The Bertz CT molecular complexity index is 407. The first-order valence-electron chi connectivity index (χ1n) is 5.31. The normalized spacial score (nSPS) is 13.9. The van der Waals surface area contributed by atoms with Crippen LogP contribution in [0.15, 0.2) is 18.2 Å². The van der Waals surface area contributed by atoms with Crippen molar-refractivity contribution < 1.29 is 19.0 Å². The van der Waals surface area contributed by atoms with Crippen LogP contribution in [-0.2, 0) is 4.79 Å². The zero-order valence-corrected chi connectivity index (χ0v) is 10.0. The quantitative estimate of drug-likeness (QED) is 0.837. The summed E-state index contributed by atoms with van der Waals surface area (Å²) >= 11 is 0. The highest BCUT2D eigenvalue weighted by atomic mass is 19.1. The Labute approximate surface area is 99.4 Å². The summed E-state index contributed by atoms with van der Waals surface area (Å²) in [6.07, 6.45) is -1.51. The number of hydrogen-bond acceptors (Lipinski definition) is 3. The molecule has 0 aromatic heterocycles.